The highest BCUT2D eigenvalue weighted by Gasteiger charge is 2.15. The number of thioether (sulfide) groups is 1. The van der Waals surface area contributed by atoms with Crippen molar-refractivity contribution >= 4 is 40.6 Å². The Labute approximate surface area is 256 Å². The molecule has 6 heteroatoms. The Balaban J connectivity index is 0.00000462. The van der Waals surface area contributed by atoms with Crippen molar-refractivity contribution in [2.75, 3.05) is 39.6 Å². The number of hydrogen-bond acceptors (Lipinski definition) is 5. The number of carbonyl (C=O) groups excluding carboxylic acids is 1. The van der Waals surface area contributed by atoms with Crippen LogP contribution in [0.15, 0.2) is 78.9 Å². The molecule has 220 valence electrons. The molecule has 0 aliphatic carbocycles. The molecule has 4 rings (SSSR count). The van der Waals surface area contributed by atoms with Crippen LogP contribution in [-0.2, 0) is 22.4 Å². The largest absolute Gasteiger partial charge is 0.492 e. The maximum Gasteiger partial charge on any atom is 0.308 e. The zero-order valence-electron chi connectivity index (χ0n) is 24.6. The molecule has 3 aromatic rings. The number of benzene rings is 3. The summed E-state index contributed by atoms with van der Waals surface area (Å²) in [5.74, 6) is 0.754. The molecule has 0 bridgehead atoms. The van der Waals surface area contributed by atoms with Gasteiger partial charge in [0.05, 0.1) is 13.0 Å². The zero-order chi connectivity index (χ0) is 28.2. The van der Waals surface area contributed by atoms with Crippen LogP contribution in [-0.4, -0.2) is 50.5 Å². The summed E-state index contributed by atoms with van der Waals surface area (Å²) in [5.41, 5.74) is 6.39. The van der Waals surface area contributed by atoms with Crippen molar-refractivity contribution in [2.45, 2.75) is 45.4 Å². The average molecular weight is 594 g/mol. The summed E-state index contributed by atoms with van der Waals surface area (Å²) in [6, 6.07) is 28.3. The van der Waals surface area contributed by atoms with Crippen LogP contribution in [0.2, 0.25) is 0 Å². The summed E-state index contributed by atoms with van der Waals surface area (Å²) < 4.78 is 10.9. The minimum atomic E-state index is -0.125. The van der Waals surface area contributed by atoms with Gasteiger partial charge in [-0.25, -0.2) is 0 Å². The van der Waals surface area contributed by atoms with Gasteiger partial charge in [-0.05, 0) is 97.8 Å². The first-order chi connectivity index (χ1) is 19.6. The first kappa shape index (κ1) is 32.8. The third-order valence-corrected chi connectivity index (χ3v) is 8.59. The van der Waals surface area contributed by atoms with Crippen molar-refractivity contribution in [1.82, 2.24) is 4.90 Å². The van der Waals surface area contributed by atoms with E-state index in [-0.39, 0.29) is 24.3 Å². The number of carbonyl (C=O) groups is 1. The van der Waals surface area contributed by atoms with Gasteiger partial charge in [-0.3, -0.25) is 9.69 Å². The van der Waals surface area contributed by atoms with Crippen molar-refractivity contribution in [3.63, 3.8) is 0 Å². The van der Waals surface area contributed by atoms with E-state index in [1.54, 1.807) is 11.8 Å². The lowest BCUT2D eigenvalue weighted by atomic mass is 9.94. The molecule has 41 heavy (non-hydrogen) atoms. The maximum atomic E-state index is 11.7. The van der Waals surface area contributed by atoms with Gasteiger partial charge >= 0.3 is 5.97 Å². The molecule has 1 heterocycles. The standard InChI is InChI=1S/C35H43NO3S.ClH/c1-27(35(37)38-2)10-9-11-28-14-16-29(17-15-28)26-33(30-12-5-4-6-13-30)34(40-3)31-18-20-32(21-19-31)39-25-24-36-22-7-8-23-36;/h4-6,12-21,27H,7-11,22-26H2,1-3H3;1H/b34-33-;. The van der Waals surface area contributed by atoms with Gasteiger partial charge in [0, 0.05) is 11.4 Å². The van der Waals surface area contributed by atoms with Crippen LogP contribution in [0.4, 0.5) is 0 Å². The van der Waals surface area contributed by atoms with E-state index >= 15 is 0 Å². The molecule has 1 aliphatic heterocycles. The van der Waals surface area contributed by atoms with Gasteiger partial charge in [-0.2, -0.15) is 0 Å². The van der Waals surface area contributed by atoms with Crippen LogP contribution in [0.3, 0.4) is 0 Å². The first-order valence-corrected chi connectivity index (χ1v) is 15.7. The van der Waals surface area contributed by atoms with E-state index in [1.807, 2.05) is 6.92 Å². The third kappa shape index (κ3) is 9.95. The molecule has 0 aromatic heterocycles. The van der Waals surface area contributed by atoms with Gasteiger partial charge in [-0.1, -0.05) is 73.7 Å². The summed E-state index contributed by atoms with van der Waals surface area (Å²) >= 11 is 1.80. The first-order valence-electron chi connectivity index (χ1n) is 14.5. The van der Waals surface area contributed by atoms with Crippen molar-refractivity contribution < 1.29 is 14.3 Å². The number of nitrogens with zero attached hydrogens (tertiary/aromatic N) is 1. The van der Waals surface area contributed by atoms with Crippen LogP contribution >= 0.6 is 24.2 Å². The van der Waals surface area contributed by atoms with Crippen LogP contribution in [0, 0.1) is 5.92 Å². The average Bonchev–Trinajstić information content (AvgIpc) is 3.52. The number of allylic oxidation sites excluding steroid dienone is 1. The van der Waals surface area contributed by atoms with Gasteiger partial charge in [0.2, 0.25) is 0 Å². The number of rotatable bonds is 14. The highest BCUT2D eigenvalue weighted by atomic mass is 35.5. The Morgan fingerprint density at radius 2 is 1.56 bits per heavy atom. The smallest absolute Gasteiger partial charge is 0.308 e. The molecule has 1 saturated heterocycles. The summed E-state index contributed by atoms with van der Waals surface area (Å²) in [6.07, 6.45) is 8.42. The summed E-state index contributed by atoms with van der Waals surface area (Å²) in [5, 5.41) is 0. The molecule has 4 nitrogen and oxygen atoms in total. The fraction of sp³-hybridized carbons (Fsp3) is 0.400. The van der Waals surface area contributed by atoms with Gasteiger partial charge in [-0.15, -0.1) is 24.2 Å². The topological polar surface area (TPSA) is 38.8 Å². The molecule has 1 aliphatic rings. The number of likely N-dealkylation sites (tertiary alicyclic amines) is 1. The van der Waals surface area contributed by atoms with E-state index in [0.717, 1.165) is 44.6 Å². The second-order valence-corrected chi connectivity index (χ2v) is 11.4. The van der Waals surface area contributed by atoms with E-state index in [0.29, 0.717) is 0 Å². The van der Waals surface area contributed by atoms with Crippen molar-refractivity contribution in [3.05, 3.63) is 101 Å². The molecule has 3 aromatic carbocycles. The normalized spacial score (nSPS) is 14.6. The Bertz CT molecular complexity index is 1220. The molecule has 0 N–H and O–H groups in total. The molecule has 1 atom stereocenters. The monoisotopic (exact) mass is 593 g/mol. The fourth-order valence-corrected chi connectivity index (χ4v) is 6.14. The van der Waals surface area contributed by atoms with E-state index in [2.05, 4.69) is 90.0 Å². The molecule has 0 radical (unpaired) electrons. The third-order valence-electron chi connectivity index (χ3n) is 7.70. The van der Waals surface area contributed by atoms with Crippen LogP contribution in [0.5, 0.6) is 5.75 Å². The Hall–Kier alpha value is -2.73. The number of aryl methyl sites for hydroxylation is 1. The van der Waals surface area contributed by atoms with Gasteiger partial charge in [0.25, 0.3) is 0 Å². The van der Waals surface area contributed by atoms with E-state index < -0.39 is 0 Å². The van der Waals surface area contributed by atoms with Crippen molar-refractivity contribution in [3.8, 4) is 5.75 Å². The lowest BCUT2D eigenvalue weighted by molar-refractivity contribution is -0.145. The van der Waals surface area contributed by atoms with Crippen LogP contribution in [0.25, 0.3) is 10.5 Å². The number of ether oxygens (including phenoxy) is 2. The van der Waals surface area contributed by atoms with Gasteiger partial charge < -0.3 is 9.47 Å². The lowest BCUT2D eigenvalue weighted by Gasteiger charge is -2.17. The van der Waals surface area contributed by atoms with Crippen molar-refractivity contribution in [2.24, 2.45) is 5.92 Å². The minimum absolute atomic E-state index is 0. The van der Waals surface area contributed by atoms with Crippen LogP contribution < -0.4 is 4.74 Å². The van der Waals surface area contributed by atoms with Crippen LogP contribution in [0.1, 0.15) is 54.9 Å². The summed E-state index contributed by atoms with van der Waals surface area (Å²) in [7, 11) is 1.46. The maximum absolute atomic E-state index is 11.7. The SMILES string of the molecule is COC(=O)C(C)CCCc1ccc(C/C(=C(/SC)c2ccc(OCCN3CCCC3)cc2)c2ccccc2)cc1.Cl. The molecule has 1 fully saturated rings. The molecule has 0 saturated carbocycles. The van der Waals surface area contributed by atoms with Gasteiger partial charge in [0.15, 0.2) is 0 Å². The fourth-order valence-electron chi connectivity index (χ4n) is 5.33. The highest BCUT2D eigenvalue weighted by molar-refractivity contribution is 8.07. The number of methoxy groups -OCH3 is 1. The predicted molar refractivity (Wildman–Crippen MR) is 176 cm³/mol. The summed E-state index contributed by atoms with van der Waals surface area (Å²) in [4.78, 5) is 15.4. The lowest BCUT2D eigenvalue weighted by Crippen LogP contribution is -2.25. The molecular weight excluding hydrogens is 550 g/mol. The number of hydrogen-bond donors (Lipinski definition) is 0. The van der Waals surface area contributed by atoms with E-state index in [1.165, 1.54) is 65.8 Å². The Morgan fingerprint density at radius 1 is 0.902 bits per heavy atom. The number of esters is 1. The van der Waals surface area contributed by atoms with Crippen molar-refractivity contribution in [1.29, 1.82) is 0 Å². The predicted octanol–water partition coefficient (Wildman–Crippen LogP) is 8.19. The van der Waals surface area contributed by atoms with E-state index in [4.69, 9.17) is 9.47 Å². The highest BCUT2D eigenvalue weighted by Crippen LogP contribution is 2.37. The second kappa shape index (κ2) is 17.3. The number of halogens is 1. The Kier molecular flexibility index (Phi) is 13.8. The van der Waals surface area contributed by atoms with Gasteiger partial charge in [0.1, 0.15) is 12.4 Å². The summed E-state index contributed by atoms with van der Waals surface area (Å²) in [6.45, 7) is 6.07. The molecule has 1 unspecified atom stereocenters. The minimum Gasteiger partial charge on any atom is -0.492 e. The Morgan fingerprint density at radius 3 is 2.20 bits per heavy atom. The molecule has 0 amide bonds. The van der Waals surface area contributed by atoms with E-state index in [9.17, 15) is 4.79 Å². The quantitative estimate of drug-likeness (QED) is 0.139. The second-order valence-electron chi connectivity index (χ2n) is 10.6. The zero-order valence-corrected chi connectivity index (χ0v) is 26.3. The molecule has 0 spiro atoms. The molecular formula is C35H44ClNO3S.